The molecule has 0 aromatic heterocycles. The Bertz CT molecular complexity index is 137. The lowest BCUT2D eigenvalue weighted by atomic mass is 10.1. The number of hydrogen-bond acceptors (Lipinski definition) is 4. The van der Waals surface area contributed by atoms with Crippen molar-refractivity contribution >= 4 is 0 Å². The van der Waals surface area contributed by atoms with Crippen LogP contribution in [-0.4, -0.2) is 47.3 Å². The predicted molar refractivity (Wildman–Crippen MR) is 41.9 cm³/mol. The van der Waals surface area contributed by atoms with Crippen LogP contribution in [0.4, 0.5) is 4.48 Å². The summed E-state index contributed by atoms with van der Waals surface area (Å²) in [6, 6.07) is 0.185. The zero-order valence-corrected chi connectivity index (χ0v) is 6.91. The molecule has 0 saturated carbocycles. The van der Waals surface area contributed by atoms with Gasteiger partial charge in [-0.25, -0.2) is 0 Å². The molecule has 1 aliphatic rings. The topological polar surface area (TPSA) is 55.7 Å². The molecular formula is C7H15FN2O2. The van der Waals surface area contributed by atoms with Gasteiger partial charge in [0.25, 0.3) is 0 Å². The SMILES string of the molecule is OCN(F)CCC1CC(O)CN1. The monoisotopic (exact) mass is 178 g/mol. The molecule has 1 saturated heterocycles. The highest BCUT2D eigenvalue weighted by molar-refractivity contribution is 4.80. The molecule has 1 aliphatic heterocycles. The number of aliphatic hydroxyl groups excluding tert-OH is 2. The van der Waals surface area contributed by atoms with Gasteiger partial charge in [0.2, 0.25) is 0 Å². The van der Waals surface area contributed by atoms with E-state index in [0.717, 1.165) is 0 Å². The van der Waals surface area contributed by atoms with Crippen molar-refractivity contribution in [1.29, 1.82) is 0 Å². The highest BCUT2D eigenvalue weighted by Crippen LogP contribution is 2.10. The second-order valence-corrected chi connectivity index (χ2v) is 3.11. The van der Waals surface area contributed by atoms with Crippen molar-refractivity contribution in [3.8, 4) is 0 Å². The first kappa shape index (κ1) is 9.85. The van der Waals surface area contributed by atoms with Gasteiger partial charge in [0, 0.05) is 19.1 Å². The van der Waals surface area contributed by atoms with Crippen LogP contribution in [0.25, 0.3) is 0 Å². The Kier molecular flexibility index (Phi) is 3.87. The molecule has 0 amide bonds. The minimum atomic E-state index is -0.560. The molecule has 1 heterocycles. The largest absolute Gasteiger partial charge is 0.392 e. The summed E-state index contributed by atoms with van der Waals surface area (Å²) >= 11 is 0. The Morgan fingerprint density at radius 1 is 1.58 bits per heavy atom. The summed E-state index contributed by atoms with van der Waals surface area (Å²) in [5.74, 6) is 0. The van der Waals surface area contributed by atoms with Gasteiger partial charge in [0.1, 0.15) is 6.73 Å². The van der Waals surface area contributed by atoms with Crippen molar-refractivity contribution in [2.24, 2.45) is 0 Å². The lowest BCUT2D eigenvalue weighted by Gasteiger charge is -2.12. The molecule has 72 valence electrons. The molecule has 0 aromatic carbocycles. The highest BCUT2D eigenvalue weighted by atomic mass is 19.2. The van der Waals surface area contributed by atoms with Gasteiger partial charge in [-0.2, -0.15) is 0 Å². The normalized spacial score (nSPS) is 30.0. The summed E-state index contributed by atoms with van der Waals surface area (Å²) in [5, 5.41) is 20.9. The first-order valence-corrected chi connectivity index (χ1v) is 4.15. The Morgan fingerprint density at radius 3 is 2.83 bits per heavy atom. The molecule has 3 N–H and O–H groups in total. The Labute approximate surface area is 70.9 Å². The third kappa shape index (κ3) is 3.02. The molecule has 2 atom stereocenters. The van der Waals surface area contributed by atoms with Gasteiger partial charge in [-0.3, -0.25) is 0 Å². The van der Waals surface area contributed by atoms with Crippen molar-refractivity contribution in [3.05, 3.63) is 0 Å². The summed E-state index contributed by atoms with van der Waals surface area (Å²) in [7, 11) is 0. The van der Waals surface area contributed by atoms with E-state index in [1.807, 2.05) is 0 Å². The second-order valence-electron chi connectivity index (χ2n) is 3.11. The molecule has 1 rings (SSSR count). The third-order valence-corrected chi connectivity index (χ3v) is 2.07. The minimum absolute atomic E-state index is 0.185. The van der Waals surface area contributed by atoms with Gasteiger partial charge >= 0.3 is 0 Å². The van der Waals surface area contributed by atoms with E-state index in [1.165, 1.54) is 0 Å². The van der Waals surface area contributed by atoms with Crippen LogP contribution in [-0.2, 0) is 0 Å². The van der Waals surface area contributed by atoms with E-state index in [1.54, 1.807) is 0 Å². The standard InChI is InChI=1S/C7H15FN2O2/c8-10(5-11)2-1-6-3-7(12)4-9-6/h6-7,9,11-12H,1-5H2. The quantitative estimate of drug-likeness (QED) is 0.391. The maximum absolute atomic E-state index is 12.4. The summed E-state index contributed by atoms with van der Waals surface area (Å²) < 4.78 is 12.4. The van der Waals surface area contributed by atoms with E-state index < -0.39 is 6.73 Å². The van der Waals surface area contributed by atoms with E-state index in [4.69, 9.17) is 10.2 Å². The maximum Gasteiger partial charge on any atom is 0.124 e. The summed E-state index contributed by atoms with van der Waals surface area (Å²) in [6.45, 7) is 0.242. The van der Waals surface area contributed by atoms with E-state index >= 15 is 0 Å². The maximum atomic E-state index is 12.4. The van der Waals surface area contributed by atoms with Crippen LogP contribution < -0.4 is 5.32 Å². The molecule has 0 aliphatic carbocycles. The summed E-state index contributed by atoms with van der Waals surface area (Å²) in [6.07, 6.45) is 1.00. The Hall–Kier alpha value is -0.230. The van der Waals surface area contributed by atoms with E-state index in [-0.39, 0.29) is 18.7 Å². The lowest BCUT2D eigenvalue weighted by molar-refractivity contribution is -0.0534. The molecule has 4 nitrogen and oxygen atoms in total. The summed E-state index contributed by atoms with van der Waals surface area (Å²) in [5.41, 5.74) is 0. The van der Waals surface area contributed by atoms with Crippen molar-refractivity contribution in [2.75, 3.05) is 19.8 Å². The van der Waals surface area contributed by atoms with Crippen LogP contribution in [0.15, 0.2) is 0 Å². The summed E-state index contributed by atoms with van der Waals surface area (Å²) in [4.78, 5) is 0. The van der Waals surface area contributed by atoms with Crippen LogP contribution in [0.5, 0.6) is 0 Å². The minimum Gasteiger partial charge on any atom is -0.392 e. The lowest BCUT2D eigenvalue weighted by Crippen LogP contribution is -2.27. The van der Waals surface area contributed by atoms with E-state index in [2.05, 4.69) is 5.32 Å². The van der Waals surface area contributed by atoms with Crippen molar-refractivity contribution in [1.82, 2.24) is 10.4 Å². The Balaban J connectivity index is 2.07. The molecular weight excluding hydrogens is 163 g/mol. The van der Waals surface area contributed by atoms with Gasteiger partial charge in [-0.15, -0.1) is 9.60 Å². The molecule has 0 aromatic rings. The zero-order valence-electron chi connectivity index (χ0n) is 6.91. The van der Waals surface area contributed by atoms with Crippen molar-refractivity contribution < 1.29 is 14.7 Å². The number of nitrogens with zero attached hydrogens (tertiary/aromatic N) is 1. The average Bonchev–Trinajstić information content (AvgIpc) is 2.47. The fraction of sp³-hybridized carbons (Fsp3) is 1.00. The fourth-order valence-electron chi connectivity index (χ4n) is 1.38. The van der Waals surface area contributed by atoms with Crippen LogP contribution >= 0.6 is 0 Å². The first-order chi connectivity index (χ1) is 5.72. The predicted octanol–water partition coefficient (Wildman–Crippen LogP) is -0.764. The molecule has 0 radical (unpaired) electrons. The molecule has 0 bridgehead atoms. The van der Waals surface area contributed by atoms with Crippen LogP contribution in [0.2, 0.25) is 0 Å². The first-order valence-electron chi connectivity index (χ1n) is 4.15. The van der Waals surface area contributed by atoms with E-state index in [0.29, 0.717) is 24.5 Å². The zero-order chi connectivity index (χ0) is 8.97. The van der Waals surface area contributed by atoms with E-state index in [9.17, 15) is 4.48 Å². The van der Waals surface area contributed by atoms with Gasteiger partial charge in [0.05, 0.1) is 6.10 Å². The number of nitrogens with one attached hydrogen (secondary N) is 1. The van der Waals surface area contributed by atoms with Gasteiger partial charge in [-0.1, -0.05) is 0 Å². The number of rotatable bonds is 4. The molecule has 5 heteroatoms. The van der Waals surface area contributed by atoms with Gasteiger partial charge < -0.3 is 15.5 Å². The van der Waals surface area contributed by atoms with Crippen LogP contribution in [0.3, 0.4) is 0 Å². The number of halogens is 1. The van der Waals surface area contributed by atoms with Gasteiger partial charge in [-0.05, 0) is 12.8 Å². The second kappa shape index (κ2) is 4.71. The highest BCUT2D eigenvalue weighted by Gasteiger charge is 2.21. The van der Waals surface area contributed by atoms with Gasteiger partial charge in [0.15, 0.2) is 0 Å². The van der Waals surface area contributed by atoms with Crippen molar-refractivity contribution in [3.63, 3.8) is 0 Å². The molecule has 2 unspecified atom stereocenters. The number of β-amino-alcohol motifs (C(OH)–C–C–N with tert-alkyl or cyclic N) is 1. The average molecular weight is 178 g/mol. The van der Waals surface area contributed by atoms with Crippen LogP contribution in [0, 0.1) is 0 Å². The number of hydrogen-bond donors (Lipinski definition) is 3. The number of aliphatic hydroxyl groups is 2. The molecule has 1 fully saturated rings. The van der Waals surface area contributed by atoms with Crippen molar-refractivity contribution in [2.45, 2.75) is 25.0 Å². The Morgan fingerprint density at radius 2 is 2.33 bits per heavy atom. The molecule has 0 spiro atoms. The molecule has 12 heavy (non-hydrogen) atoms. The smallest absolute Gasteiger partial charge is 0.124 e. The fourth-order valence-corrected chi connectivity index (χ4v) is 1.38. The third-order valence-electron chi connectivity index (χ3n) is 2.07. The van der Waals surface area contributed by atoms with Crippen LogP contribution in [0.1, 0.15) is 12.8 Å².